The van der Waals surface area contributed by atoms with Gasteiger partial charge >= 0.3 is 6.03 Å². The molecule has 5 heteroatoms. The number of hydrogen-bond donors (Lipinski definition) is 2. The molecule has 0 aromatic heterocycles. The Morgan fingerprint density at radius 3 is 2.56 bits per heavy atom. The molecule has 2 N–H and O–H groups in total. The Bertz CT molecular complexity index is 378. The number of hydrogen-bond acceptors (Lipinski definition) is 2. The van der Waals surface area contributed by atoms with Crippen LogP contribution in [0.3, 0.4) is 0 Å². The molecule has 88 valence electrons. The molecule has 0 aliphatic heterocycles. The van der Waals surface area contributed by atoms with E-state index in [-0.39, 0.29) is 16.8 Å². The summed E-state index contributed by atoms with van der Waals surface area (Å²) in [5.41, 5.74) is 0.527. The molecule has 0 aliphatic carbocycles. The fraction of sp³-hybridized carbons (Fsp3) is 0.364. The van der Waals surface area contributed by atoms with Gasteiger partial charge in [-0.15, -0.1) is 0 Å². The molecule has 0 atom stereocenters. The normalized spacial score (nSPS) is 9.94. The third-order valence-electron chi connectivity index (χ3n) is 2.25. The van der Waals surface area contributed by atoms with Crippen molar-refractivity contribution in [3.63, 3.8) is 0 Å². The van der Waals surface area contributed by atoms with Crippen molar-refractivity contribution >= 4 is 23.3 Å². The van der Waals surface area contributed by atoms with Crippen LogP contribution in [0.5, 0.6) is 5.75 Å². The number of urea groups is 1. The van der Waals surface area contributed by atoms with Gasteiger partial charge in [0.1, 0.15) is 5.75 Å². The van der Waals surface area contributed by atoms with Crippen LogP contribution >= 0.6 is 11.6 Å². The van der Waals surface area contributed by atoms with Gasteiger partial charge in [-0.1, -0.05) is 11.6 Å². The van der Waals surface area contributed by atoms with E-state index in [9.17, 15) is 9.90 Å². The number of halogens is 1. The maximum absolute atomic E-state index is 11.7. The van der Waals surface area contributed by atoms with Crippen molar-refractivity contribution in [3.05, 3.63) is 23.2 Å². The van der Waals surface area contributed by atoms with Crippen LogP contribution in [0.15, 0.2) is 18.2 Å². The van der Waals surface area contributed by atoms with Gasteiger partial charge in [0.2, 0.25) is 0 Å². The zero-order valence-electron chi connectivity index (χ0n) is 9.33. The maximum atomic E-state index is 11.7. The number of rotatable bonds is 3. The zero-order valence-corrected chi connectivity index (χ0v) is 10.1. The van der Waals surface area contributed by atoms with E-state index in [1.165, 1.54) is 12.1 Å². The summed E-state index contributed by atoms with van der Waals surface area (Å²) in [4.78, 5) is 13.3. The smallest absolute Gasteiger partial charge is 0.321 e. The Labute approximate surface area is 99.8 Å². The SMILES string of the molecule is CCN(CC)C(=O)Nc1ccc(Cl)c(O)c1. The quantitative estimate of drug-likeness (QED) is 0.856. The van der Waals surface area contributed by atoms with Crippen molar-refractivity contribution in [1.29, 1.82) is 0 Å². The molecular weight excluding hydrogens is 228 g/mol. The highest BCUT2D eigenvalue weighted by Crippen LogP contribution is 2.26. The van der Waals surface area contributed by atoms with Crippen LogP contribution in [0.1, 0.15) is 13.8 Å². The summed E-state index contributed by atoms with van der Waals surface area (Å²) in [6.45, 7) is 5.09. The van der Waals surface area contributed by atoms with Gasteiger partial charge in [-0.3, -0.25) is 0 Å². The number of phenolic OH excluding ortho intramolecular Hbond substituents is 1. The predicted molar refractivity (Wildman–Crippen MR) is 65.1 cm³/mol. The second-order valence-electron chi connectivity index (χ2n) is 3.27. The molecule has 0 saturated carbocycles. The summed E-state index contributed by atoms with van der Waals surface area (Å²) in [5.74, 6) is -0.0426. The van der Waals surface area contributed by atoms with Crippen LogP contribution in [0.25, 0.3) is 0 Å². The van der Waals surface area contributed by atoms with Gasteiger partial charge in [-0.2, -0.15) is 0 Å². The molecule has 4 nitrogen and oxygen atoms in total. The third kappa shape index (κ3) is 3.03. The zero-order chi connectivity index (χ0) is 12.1. The van der Waals surface area contributed by atoms with Crippen LogP contribution in [-0.2, 0) is 0 Å². The molecule has 0 radical (unpaired) electrons. The Morgan fingerprint density at radius 2 is 2.06 bits per heavy atom. The first-order chi connectivity index (χ1) is 7.58. The second kappa shape index (κ2) is 5.61. The minimum Gasteiger partial charge on any atom is -0.506 e. The number of carbonyl (C=O) groups excluding carboxylic acids is 1. The molecule has 0 heterocycles. The summed E-state index contributed by atoms with van der Waals surface area (Å²) in [6.07, 6.45) is 0. The van der Waals surface area contributed by atoms with Crippen molar-refractivity contribution in [2.24, 2.45) is 0 Å². The first-order valence-corrected chi connectivity index (χ1v) is 5.50. The maximum Gasteiger partial charge on any atom is 0.321 e. The molecule has 0 aliphatic rings. The minimum absolute atomic E-state index is 0.0426. The van der Waals surface area contributed by atoms with Gasteiger partial charge in [-0.25, -0.2) is 4.79 Å². The van der Waals surface area contributed by atoms with E-state index in [2.05, 4.69) is 5.32 Å². The first-order valence-electron chi connectivity index (χ1n) is 5.13. The van der Waals surface area contributed by atoms with E-state index in [1.807, 2.05) is 13.8 Å². The molecule has 16 heavy (non-hydrogen) atoms. The number of benzene rings is 1. The van der Waals surface area contributed by atoms with Crippen LogP contribution in [0, 0.1) is 0 Å². The van der Waals surface area contributed by atoms with Gasteiger partial charge in [-0.05, 0) is 26.0 Å². The number of phenols is 1. The van der Waals surface area contributed by atoms with Gasteiger partial charge in [0.05, 0.1) is 5.02 Å². The van der Waals surface area contributed by atoms with E-state index < -0.39 is 0 Å². The van der Waals surface area contributed by atoms with Crippen LogP contribution < -0.4 is 5.32 Å². The van der Waals surface area contributed by atoms with E-state index in [0.717, 1.165) is 0 Å². The summed E-state index contributed by atoms with van der Waals surface area (Å²) in [7, 11) is 0. The van der Waals surface area contributed by atoms with E-state index in [4.69, 9.17) is 11.6 Å². The molecule has 0 spiro atoms. The molecule has 1 aromatic carbocycles. The summed E-state index contributed by atoms with van der Waals surface area (Å²) < 4.78 is 0. The van der Waals surface area contributed by atoms with E-state index in [0.29, 0.717) is 18.8 Å². The van der Waals surface area contributed by atoms with Crippen LogP contribution in [0.4, 0.5) is 10.5 Å². The van der Waals surface area contributed by atoms with Crippen LogP contribution in [0.2, 0.25) is 5.02 Å². The van der Waals surface area contributed by atoms with E-state index >= 15 is 0 Å². The number of aromatic hydroxyl groups is 1. The highest BCUT2D eigenvalue weighted by atomic mass is 35.5. The highest BCUT2D eigenvalue weighted by molar-refractivity contribution is 6.32. The van der Waals surface area contributed by atoms with E-state index in [1.54, 1.807) is 11.0 Å². The van der Waals surface area contributed by atoms with Gasteiger partial charge in [0, 0.05) is 24.8 Å². The molecule has 0 bridgehead atoms. The number of amides is 2. The van der Waals surface area contributed by atoms with Crippen molar-refractivity contribution in [2.45, 2.75) is 13.8 Å². The monoisotopic (exact) mass is 242 g/mol. The standard InChI is InChI=1S/C11H15ClN2O2/c1-3-14(4-2)11(16)13-8-5-6-9(12)10(15)7-8/h5-7,15H,3-4H2,1-2H3,(H,13,16). The van der Waals surface area contributed by atoms with Gasteiger partial charge < -0.3 is 15.3 Å². The minimum atomic E-state index is -0.188. The Morgan fingerprint density at radius 1 is 1.44 bits per heavy atom. The molecule has 0 fully saturated rings. The Kier molecular flexibility index (Phi) is 4.43. The average Bonchev–Trinajstić information content (AvgIpc) is 2.25. The third-order valence-corrected chi connectivity index (χ3v) is 2.57. The number of nitrogens with zero attached hydrogens (tertiary/aromatic N) is 1. The topological polar surface area (TPSA) is 52.6 Å². The van der Waals surface area contributed by atoms with Gasteiger partial charge in [0.15, 0.2) is 0 Å². The molecule has 0 unspecified atom stereocenters. The highest BCUT2D eigenvalue weighted by Gasteiger charge is 2.09. The molecule has 0 saturated heterocycles. The predicted octanol–water partition coefficient (Wildman–Crippen LogP) is 2.92. The Hall–Kier alpha value is -1.42. The summed E-state index contributed by atoms with van der Waals surface area (Å²) in [5, 5.41) is 12.3. The fourth-order valence-electron chi connectivity index (χ4n) is 1.30. The van der Waals surface area contributed by atoms with Crippen molar-refractivity contribution in [1.82, 2.24) is 4.90 Å². The lowest BCUT2D eigenvalue weighted by Gasteiger charge is -2.19. The molecule has 2 amide bonds. The second-order valence-corrected chi connectivity index (χ2v) is 3.68. The van der Waals surface area contributed by atoms with Crippen molar-refractivity contribution in [3.8, 4) is 5.75 Å². The summed E-state index contributed by atoms with van der Waals surface area (Å²) in [6, 6.07) is 4.41. The number of nitrogens with one attached hydrogen (secondary N) is 1. The number of anilines is 1. The van der Waals surface area contributed by atoms with Crippen molar-refractivity contribution in [2.75, 3.05) is 18.4 Å². The molecule has 1 aromatic rings. The Balaban J connectivity index is 2.73. The molecular formula is C11H15ClN2O2. The lowest BCUT2D eigenvalue weighted by molar-refractivity contribution is 0.217. The first kappa shape index (κ1) is 12.6. The fourth-order valence-corrected chi connectivity index (χ4v) is 1.42. The lowest BCUT2D eigenvalue weighted by Crippen LogP contribution is -2.34. The summed E-state index contributed by atoms with van der Waals surface area (Å²) >= 11 is 5.66. The average molecular weight is 243 g/mol. The van der Waals surface area contributed by atoms with Gasteiger partial charge in [0.25, 0.3) is 0 Å². The lowest BCUT2D eigenvalue weighted by atomic mass is 10.3. The van der Waals surface area contributed by atoms with Crippen molar-refractivity contribution < 1.29 is 9.90 Å². The molecule has 1 rings (SSSR count). The number of carbonyl (C=O) groups is 1. The van der Waals surface area contributed by atoms with Crippen LogP contribution in [-0.4, -0.2) is 29.1 Å². The largest absolute Gasteiger partial charge is 0.506 e.